The quantitative estimate of drug-likeness (QED) is 0.854. The first-order chi connectivity index (χ1) is 13.0. The average Bonchev–Trinajstić information content (AvgIpc) is 3.07. The molecule has 2 aromatic carbocycles. The number of anilines is 2. The zero-order chi connectivity index (χ0) is 19.4. The van der Waals surface area contributed by atoms with E-state index in [0.717, 1.165) is 12.1 Å². The molecule has 0 aliphatic carbocycles. The van der Waals surface area contributed by atoms with Crippen molar-refractivity contribution < 1.29 is 14.4 Å². The smallest absolute Gasteiger partial charge is 0.255 e. The van der Waals surface area contributed by atoms with Gasteiger partial charge in [-0.05, 0) is 50.6 Å². The molecule has 2 N–H and O–H groups in total. The van der Waals surface area contributed by atoms with Crippen LogP contribution < -0.4 is 15.5 Å². The van der Waals surface area contributed by atoms with Crippen molar-refractivity contribution in [3.8, 4) is 0 Å². The number of amides is 3. The first-order valence-electron chi connectivity index (χ1n) is 9.07. The molecule has 3 rings (SSSR count). The number of rotatable bonds is 5. The molecule has 1 fully saturated rings. The van der Waals surface area contributed by atoms with E-state index in [4.69, 9.17) is 0 Å². The highest BCUT2D eigenvalue weighted by molar-refractivity contribution is 6.09. The van der Waals surface area contributed by atoms with E-state index >= 15 is 0 Å². The number of nitrogens with zero attached hydrogens (tertiary/aromatic N) is 1. The summed E-state index contributed by atoms with van der Waals surface area (Å²) < 4.78 is 0. The van der Waals surface area contributed by atoms with Gasteiger partial charge in [0.15, 0.2) is 0 Å². The van der Waals surface area contributed by atoms with E-state index < -0.39 is 0 Å². The van der Waals surface area contributed by atoms with Crippen molar-refractivity contribution in [3.63, 3.8) is 0 Å². The van der Waals surface area contributed by atoms with Crippen LogP contribution in [0.25, 0.3) is 0 Å². The van der Waals surface area contributed by atoms with Crippen molar-refractivity contribution in [3.05, 3.63) is 59.7 Å². The number of nitrogens with one attached hydrogen (secondary N) is 2. The molecule has 0 saturated carbocycles. The first-order valence-corrected chi connectivity index (χ1v) is 9.07. The van der Waals surface area contributed by atoms with Gasteiger partial charge in [-0.25, -0.2) is 0 Å². The summed E-state index contributed by atoms with van der Waals surface area (Å²) in [6.45, 7) is 4.43. The Balaban J connectivity index is 1.80. The molecule has 1 aliphatic rings. The predicted octanol–water partition coefficient (Wildman–Crippen LogP) is 3.20. The summed E-state index contributed by atoms with van der Waals surface area (Å²) >= 11 is 0. The maximum Gasteiger partial charge on any atom is 0.255 e. The molecular weight excluding hydrogens is 342 g/mol. The number of hydrogen-bond donors (Lipinski definition) is 2. The Morgan fingerprint density at radius 1 is 1.04 bits per heavy atom. The van der Waals surface area contributed by atoms with Crippen LogP contribution in [0, 0.1) is 0 Å². The molecule has 3 amide bonds. The van der Waals surface area contributed by atoms with Crippen molar-refractivity contribution >= 4 is 29.1 Å². The van der Waals surface area contributed by atoms with Gasteiger partial charge in [-0.15, -0.1) is 0 Å². The lowest BCUT2D eigenvalue weighted by Crippen LogP contribution is -2.31. The predicted molar refractivity (Wildman–Crippen MR) is 105 cm³/mol. The molecule has 0 bridgehead atoms. The minimum absolute atomic E-state index is 0.00376. The van der Waals surface area contributed by atoms with Gasteiger partial charge in [-0.3, -0.25) is 14.4 Å². The van der Waals surface area contributed by atoms with E-state index in [0.29, 0.717) is 29.8 Å². The summed E-state index contributed by atoms with van der Waals surface area (Å²) in [6, 6.07) is 13.9. The number of para-hydroxylation sites is 1. The van der Waals surface area contributed by atoms with Crippen LogP contribution in [0.1, 0.15) is 47.4 Å². The molecular formula is C21H23N3O3. The summed E-state index contributed by atoms with van der Waals surface area (Å²) in [5.41, 5.74) is 2.01. The number of benzene rings is 2. The molecule has 0 spiro atoms. The van der Waals surface area contributed by atoms with Crippen molar-refractivity contribution in [1.82, 2.24) is 5.32 Å². The third kappa shape index (κ3) is 4.34. The van der Waals surface area contributed by atoms with Gasteiger partial charge < -0.3 is 15.5 Å². The molecule has 0 unspecified atom stereocenters. The van der Waals surface area contributed by atoms with Gasteiger partial charge in [0.05, 0.1) is 11.3 Å². The Bertz CT molecular complexity index is 876. The van der Waals surface area contributed by atoms with Gasteiger partial charge in [-0.1, -0.05) is 18.2 Å². The van der Waals surface area contributed by atoms with Gasteiger partial charge in [0.2, 0.25) is 5.91 Å². The Morgan fingerprint density at radius 2 is 1.81 bits per heavy atom. The highest BCUT2D eigenvalue weighted by Gasteiger charge is 2.22. The minimum atomic E-state index is -0.326. The van der Waals surface area contributed by atoms with E-state index in [2.05, 4.69) is 10.6 Å². The fourth-order valence-corrected chi connectivity index (χ4v) is 3.06. The second kappa shape index (κ2) is 8.03. The van der Waals surface area contributed by atoms with E-state index in [1.54, 1.807) is 47.4 Å². The second-order valence-corrected chi connectivity index (χ2v) is 6.83. The Hall–Kier alpha value is -3.15. The Labute approximate surface area is 158 Å². The molecule has 27 heavy (non-hydrogen) atoms. The minimum Gasteiger partial charge on any atom is -0.350 e. The van der Waals surface area contributed by atoms with Crippen LogP contribution in [-0.4, -0.2) is 30.3 Å². The Morgan fingerprint density at radius 3 is 2.52 bits per heavy atom. The third-order valence-electron chi connectivity index (χ3n) is 4.33. The topological polar surface area (TPSA) is 78.5 Å². The van der Waals surface area contributed by atoms with Crippen molar-refractivity contribution in [2.75, 3.05) is 16.8 Å². The molecule has 140 valence electrons. The lowest BCUT2D eigenvalue weighted by molar-refractivity contribution is -0.117. The molecule has 0 radical (unpaired) electrons. The summed E-state index contributed by atoms with van der Waals surface area (Å²) in [5, 5.41) is 5.64. The van der Waals surface area contributed by atoms with Crippen LogP contribution in [0.15, 0.2) is 48.5 Å². The molecule has 1 aliphatic heterocycles. The number of carbonyl (C=O) groups is 3. The molecule has 6 heteroatoms. The summed E-state index contributed by atoms with van der Waals surface area (Å²) in [6.07, 6.45) is 1.36. The zero-order valence-corrected chi connectivity index (χ0v) is 15.5. The fourth-order valence-electron chi connectivity index (χ4n) is 3.06. The van der Waals surface area contributed by atoms with E-state index in [1.165, 1.54) is 0 Å². The average molecular weight is 365 g/mol. The van der Waals surface area contributed by atoms with Gasteiger partial charge in [0.1, 0.15) is 0 Å². The lowest BCUT2D eigenvalue weighted by atomic mass is 10.1. The van der Waals surface area contributed by atoms with Gasteiger partial charge in [0.25, 0.3) is 11.8 Å². The maximum absolute atomic E-state index is 12.7. The maximum atomic E-state index is 12.7. The standard InChI is InChI=1S/C21H23N3O3/c1-14(2)22-21(27)17-9-3-4-10-18(17)23-20(26)15-7-5-8-16(13-15)24-12-6-11-19(24)25/h3-5,7-10,13-14H,6,11-12H2,1-2H3,(H,22,27)(H,23,26). The summed E-state index contributed by atoms with van der Waals surface area (Å²) in [7, 11) is 0. The van der Waals surface area contributed by atoms with Crippen LogP contribution in [0.2, 0.25) is 0 Å². The van der Waals surface area contributed by atoms with E-state index in [-0.39, 0.29) is 23.8 Å². The van der Waals surface area contributed by atoms with E-state index in [1.807, 2.05) is 19.9 Å². The molecule has 0 atom stereocenters. The zero-order valence-electron chi connectivity index (χ0n) is 15.5. The van der Waals surface area contributed by atoms with Gasteiger partial charge >= 0.3 is 0 Å². The molecule has 1 heterocycles. The van der Waals surface area contributed by atoms with Crippen LogP contribution in [0.3, 0.4) is 0 Å². The number of hydrogen-bond acceptors (Lipinski definition) is 3. The molecule has 1 saturated heterocycles. The van der Waals surface area contributed by atoms with Crippen LogP contribution in [0.5, 0.6) is 0 Å². The monoisotopic (exact) mass is 365 g/mol. The lowest BCUT2D eigenvalue weighted by Gasteiger charge is -2.17. The molecule has 2 aromatic rings. The molecule has 6 nitrogen and oxygen atoms in total. The fraction of sp³-hybridized carbons (Fsp3) is 0.286. The van der Waals surface area contributed by atoms with Crippen molar-refractivity contribution in [2.24, 2.45) is 0 Å². The van der Waals surface area contributed by atoms with Crippen molar-refractivity contribution in [1.29, 1.82) is 0 Å². The van der Waals surface area contributed by atoms with Crippen LogP contribution in [0.4, 0.5) is 11.4 Å². The largest absolute Gasteiger partial charge is 0.350 e. The first kappa shape index (κ1) is 18.6. The third-order valence-corrected chi connectivity index (χ3v) is 4.33. The summed E-state index contributed by atoms with van der Waals surface area (Å²) in [4.78, 5) is 38.7. The number of carbonyl (C=O) groups excluding carboxylic acids is 3. The van der Waals surface area contributed by atoms with Crippen LogP contribution >= 0.6 is 0 Å². The SMILES string of the molecule is CC(C)NC(=O)c1ccccc1NC(=O)c1cccc(N2CCCC2=O)c1. The van der Waals surface area contributed by atoms with Gasteiger partial charge in [-0.2, -0.15) is 0 Å². The molecule has 0 aromatic heterocycles. The summed E-state index contributed by atoms with van der Waals surface area (Å²) in [5.74, 6) is -0.492. The second-order valence-electron chi connectivity index (χ2n) is 6.83. The normalized spacial score (nSPS) is 13.7. The van der Waals surface area contributed by atoms with Crippen LogP contribution in [-0.2, 0) is 4.79 Å². The van der Waals surface area contributed by atoms with E-state index in [9.17, 15) is 14.4 Å². The highest BCUT2D eigenvalue weighted by atomic mass is 16.2. The van der Waals surface area contributed by atoms with Gasteiger partial charge in [0, 0.05) is 30.3 Å². The Kier molecular flexibility index (Phi) is 5.54. The van der Waals surface area contributed by atoms with Crippen molar-refractivity contribution in [2.45, 2.75) is 32.7 Å². The highest BCUT2D eigenvalue weighted by Crippen LogP contribution is 2.23.